The lowest BCUT2D eigenvalue weighted by Crippen LogP contribution is -2.38. The molecular formula is C14H21N3O4. The molecule has 7 heteroatoms. The summed E-state index contributed by atoms with van der Waals surface area (Å²) in [6.07, 6.45) is 0.714. The number of anilines is 1. The molecule has 1 aromatic rings. The number of amides is 2. The number of ether oxygens (including phenoxy) is 1. The molecule has 0 bridgehead atoms. The van der Waals surface area contributed by atoms with Crippen LogP contribution < -0.4 is 11.1 Å². The Morgan fingerprint density at radius 2 is 2.14 bits per heavy atom. The number of carbonyl (C=O) groups excluding carboxylic acids is 2. The van der Waals surface area contributed by atoms with Gasteiger partial charge in [-0.1, -0.05) is 0 Å². The quantitative estimate of drug-likeness (QED) is 0.378. The van der Waals surface area contributed by atoms with Gasteiger partial charge in [0.05, 0.1) is 12.2 Å². The lowest BCUT2D eigenvalue weighted by Gasteiger charge is -2.17. The number of hydrogen-bond donors (Lipinski definition) is 3. The molecule has 0 unspecified atom stereocenters. The van der Waals surface area contributed by atoms with Crippen molar-refractivity contribution in [2.75, 3.05) is 39.6 Å². The SMILES string of the molecule is COCCCNC(=O)CN(C)C(=O)c1ccc(N)c(O)c1. The van der Waals surface area contributed by atoms with Gasteiger partial charge in [0.2, 0.25) is 5.91 Å². The molecule has 0 atom stereocenters. The Labute approximate surface area is 123 Å². The van der Waals surface area contributed by atoms with Gasteiger partial charge < -0.3 is 25.8 Å². The average molecular weight is 295 g/mol. The van der Waals surface area contributed by atoms with Crippen molar-refractivity contribution in [2.45, 2.75) is 6.42 Å². The normalized spacial score (nSPS) is 10.2. The molecule has 1 rings (SSSR count). The van der Waals surface area contributed by atoms with Crippen LogP contribution >= 0.6 is 0 Å². The van der Waals surface area contributed by atoms with E-state index in [2.05, 4.69) is 5.32 Å². The van der Waals surface area contributed by atoms with E-state index in [0.717, 1.165) is 0 Å². The van der Waals surface area contributed by atoms with E-state index >= 15 is 0 Å². The summed E-state index contributed by atoms with van der Waals surface area (Å²) in [5.41, 5.74) is 5.95. The Hall–Kier alpha value is -2.28. The molecule has 116 valence electrons. The van der Waals surface area contributed by atoms with E-state index < -0.39 is 0 Å². The highest BCUT2D eigenvalue weighted by Gasteiger charge is 2.15. The maximum Gasteiger partial charge on any atom is 0.254 e. The largest absolute Gasteiger partial charge is 0.506 e. The number of rotatable bonds is 7. The Balaban J connectivity index is 2.50. The molecule has 0 heterocycles. The first-order chi connectivity index (χ1) is 9.95. The third-order valence-corrected chi connectivity index (χ3v) is 2.85. The molecule has 0 radical (unpaired) electrons. The molecule has 0 saturated heterocycles. The molecule has 0 saturated carbocycles. The third kappa shape index (κ3) is 5.31. The van der Waals surface area contributed by atoms with Crippen molar-refractivity contribution in [3.05, 3.63) is 23.8 Å². The second-order valence-electron chi connectivity index (χ2n) is 4.63. The number of nitrogens with one attached hydrogen (secondary N) is 1. The van der Waals surface area contributed by atoms with Crippen molar-refractivity contribution in [1.29, 1.82) is 0 Å². The first-order valence-electron chi connectivity index (χ1n) is 6.55. The number of phenols is 1. The fourth-order valence-electron chi connectivity index (χ4n) is 1.68. The van der Waals surface area contributed by atoms with Crippen LogP contribution in [-0.4, -0.2) is 55.7 Å². The highest BCUT2D eigenvalue weighted by atomic mass is 16.5. The summed E-state index contributed by atoms with van der Waals surface area (Å²) in [4.78, 5) is 25.0. The van der Waals surface area contributed by atoms with E-state index in [1.807, 2.05) is 0 Å². The van der Waals surface area contributed by atoms with Crippen molar-refractivity contribution in [1.82, 2.24) is 10.2 Å². The molecule has 7 nitrogen and oxygen atoms in total. The Morgan fingerprint density at radius 3 is 2.76 bits per heavy atom. The molecule has 0 aliphatic carbocycles. The van der Waals surface area contributed by atoms with Crippen LogP contribution in [0.2, 0.25) is 0 Å². The van der Waals surface area contributed by atoms with Crippen molar-refractivity contribution < 1.29 is 19.4 Å². The van der Waals surface area contributed by atoms with E-state index in [4.69, 9.17) is 10.5 Å². The van der Waals surface area contributed by atoms with Crippen molar-refractivity contribution in [3.8, 4) is 5.75 Å². The first-order valence-corrected chi connectivity index (χ1v) is 6.55. The van der Waals surface area contributed by atoms with Crippen LogP contribution in [0.3, 0.4) is 0 Å². The lowest BCUT2D eigenvalue weighted by atomic mass is 10.1. The van der Waals surface area contributed by atoms with Crippen LogP contribution in [0, 0.1) is 0 Å². The number of hydrogen-bond acceptors (Lipinski definition) is 5. The summed E-state index contributed by atoms with van der Waals surface area (Å²) in [6, 6.07) is 4.23. The summed E-state index contributed by atoms with van der Waals surface area (Å²) in [7, 11) is 3.11. The fourth-order valence-corrected chi connectivity index (χ4v) is 1.68. The van der Waals surface area contributed by atoms with E-state index in [0.29, 0.717) is 19.6 Å². The maximum atomic E-state index is 12.1. The lowest BCUT2D eigenvalue weighted by molar-refractivity contribution is -0.121. The van der Waals surface area contributed by atoms with Gasteiger partial charge in [0.15, 0.2) is 0 Å². The fraction of sp³-hybridized carbons (Fsp3) is 0.429. The maximum absolute atomic E-state index is 12.1. The first kappa shape index (κ1) is 16.8. The topological polar surface area (TPSA) is 105 Å². The summed E-state index contributed by atoms with van der Waals surface area (Å²) in [6.45, 7) is 1.01. The molecule has 4 N–H and O–H groups in total. The van der Waals surface area contributed by atoms with Crippen LogP contribution in [0.1, 0.15) is 16.8 Å². The molecule has 0 fully saturated rings. The number of carbonyl (C=O) groups is 2. The highest BCUT2D eigenvalue weighted by Crippen LogP contribution is 2.21. The minimum absolute atomic E-state index is 0.0586. The van der Waals surface area contributed by atoms with Crippen molar-refractivity contribution >= 4 is 17.5 Å². The number of methoxy groups -OCH3 is 1. The number of nitrogen functional groups attached to an aromatic ring is 1. The van der Waals surface area contributed by atoms with Gasteiger partial charge in [-0.3, -0.25) is 9.59 Å². The number of phenolic OH excluding ortho intramolecular Hbond substituents is 1. The molecule has 0 spiro atoms. The number of benzene rings is 1. The number of likely N-dealkylation sites (N-methyl/N-ethyl adjacent to an activating group) is 1. The number of nitrogens with two attached hydrogens (primary N) is 1. The van der Waals surface area contributed by atoms with Gasteiger partial charge in [-0.25, -0.2) is 0 Å². The van der Waals surface area contributed by atoms with Crippen molar-refractivity contribution in [3.63, 3.8) is 0 Å². The van der Waals surface area contributed by atoms with Gasteiger partial charge in [0.1, 0.15) is 5.75 Å². The monoisotopic (exact) mass is 295 g/mol. The second kappa shape index (κ2) is 8.11. The Morgan fingerprint density at radius 1 is 1.43 bits per heavy atom. The van der Waals surface area contributed by atoms with E-state index in [1.165, 1.54) is 30.1 Å². The van der Waals surface area contributed by atoms with Crippen LogP contribution in [0.4, 0.5) is 5.69 Å². The van der Waals surface area contributed by atoms with Crippen LogP contribution in [0.15, 0.2) is 18.2 Å². The third-order valence-electron chi connectivity index (χ3n) is 2.85. The van der Waals surface area contributed by atoms with Crippen molar-refractivity contribution in [2.24, 2.45) is 0 Å². The van der Waals surface area contributed by atoms with Gasteiger partial charge >= 0.3 is 0 Å². The van der Waals surface area contributed by atoms with Gasteiger partial charge in [0, 0.05) is 32.9 Å². The molecule has 0 aliphatic rings. The van der Waals surface area contributed by atoms with Gasteiger partial charge in [0.25, 0.3) is 5.91 Å². The second-order valence-corrected chi connectivity index (χ2v) is 4.63. The minimum atomic E-state index is -0.364. The average Bonchev–Trinajstić information content (AvgIpc) is 2.45. The number of nitrogens with zero attached hydrogens (tertiary/aromatic N) is 1. The molecule has 0 aromatic heterocycles. The highest BCUT2D eigenvalue weighted by molar-refractivity contribution is 5.97. The number of aromatic hydroxyl groups is 1. The summed E-state index contributed by atoms with van der Waals surface area (Å²) in [5, 5.41) is 12.2. The van der Waals surface area contributed by atoms with Crippen LogP contribution in [0.5, 0.6) is 5.75 Å². The van der Waals surface area contributed by atoms with Gasteiger partial charge in [-0.05, 0) is 24.6 Å². The van der Waals surface area contributed by atoms with Gasteiger partial charge in [-0.15, -0.1) is 0 Å². The molecule has 0 aliphatic heterocycles. The predicted molar refractivity (Wildman–Crippen MR) is 79.0 cm³/mol. The van der Waals surface area contributed by atoms with Crippen LogP contribution in [0.25, 0.3) is 0 Å². The zero-order chi connectivity index (χ0) is 15.8. The zero-order valence-corrected chi connectivity index (χ0v) is 12.3. The molecule has 2 amide bonds. The Bertz CT molecular complexity index is 505. The molecule has 1 aromatic carbocycles. The molecular weight excluding hydrogens is 274 g/mol. The Kier molecular flexibility index (Phi) is 6.48. The van der Waals surface area contributed by atoms with Crippen LogP contribution in [-0.2, 0) is 9.53 Å². The van der Waals surface area contributed by atoms with Gasteiger partial charge in [-0.2, -0.15) is 0 Å². The van der Waals surface area contributed by atoms with E-state index in [9.17, 15) is 14.7 Å². The van der Waals surface area contributed by atoms with E-state index in [1.54, 1.807) is 7.11 Å². The summed E-state index contributed by atoms with van der Waals surface area (Å²) >= 11 is 0. The standard InChI is InChI=1S/C14H21N3O4/c1-17(9-13(19)16-6-3-7-21-2)14(20)10-4-5-11(15)12(18)8-10/h4-5,8,18H,3,6-7,9,15H2,1-2H3,(H,16,19). The minimum Gasteiger partial charge on any atom is -0.506 e. The smallest absolute Gasteiger partial charge is 0.254 e. The van der Waals surface area contributed by atoms with E-state index in [-0.39, 0.29) is 35.4 Å². The zero-order valence-electron chi connectivity index (χ0n) is 12.3. The molecule has 21 heavy (non-hydrogen) atoms. The predicted octanol–water partition coefficient (Wildman–Crippen LogP) is 0.199. The summed E-state index contributed by atoms with van der Waals surface area (Å²) < 4.78 is 4.87. The summed E-state index contributed by atoms with van der Waals surface area (Å²) in [5.74, 6) is -0.766.